The Labute approximate surface area is 121 Å². The normalized spacial score (nSPS) is 10.6. The average Bonchev–Trinajstić information content (AvgIpc) is 2.86. The third kappa shape index (κ3) is 4.78. The highest BCUT2D eigenvalue weighted by atomic mass is 35.5. The Morgan fingerprint density at radius 3 is 2.68 bits per heavy atom. The molecule has 19 heavy (non-hydrogen) atoms. The zero-order chi connectivity index (χ0) is 13.5. The predicted octanol–water partition coefficient (Wildman–Crippen LogP) is 2.92. The van der Waals surface area contributed by atoms with Crippen molar-refractivity contribution in [3.63, 3.8) is 0 Å². The van der Waals surface area contributed by atoms with Gasteiger partial charge >= 0.3 is 0 Å². The highest BCUT2D eigenvalue weighted by Crippen LogP contribution is 2.18. The number of hydrogen-bond donors (Lipinski definition) is 1. The summed E-state index contributed by atoms with van der Waals surface area (Å²) >= 11 is 7.42. The summed E-state index contributed by atoms with van der Waals surface area (Å²) in [6.07, 6.45) is 2.03. The predicted molar refractivity (Wildman–Crippen MR) is 77.9 cm³/mol. The maximum absolute atomic E-state index is 5.81. The molecule has 1 aromatic carbocycles. The number of halogens is 1. The van der Waals surface area contributed by atoms with Gasteiger partial charge in [0.1, 0.15) is 17.4 Å². The first kappa shape index (κ1) is 14.2. The van der Waals surface area contributed by atoms with E-state index in [0.717, 1.165) is 35.2 Å². The van der Waals surface area contributed by atoms with Crippen LogP contribution in [-0.4, -0.2) is 23.8 Å². The Kier molecular flexibility index (Phi) is 5.57. The van der Waals surface area contributed by atoms with E-state index in [-0.39, 0.29) is 0 Å². The van der Waals surface area contributed by atoms with Crippen molar-refractivity contribution in [2.75, 3.05) is 13.6 Å². The molecule has 1 N–H and O–H groups in total. The molecule has 0 saturated carbocycles. The van der Waals surface area contributed by atoms with Gasteiger partial charge in [0.15, 0.2) is 5.01 Å². The van der Waals surface area contributed by atoms with Crippen LogP contribution in [0.3, 0.4) is 0 Å². The first-order valence-corrected chi connectivity index (χ1v) is 7.31. The van der Waals surface area contributed by atoms with Crippen LogP contribution in [0.1, 0.15) is 16.4 Å². The second-order valence-electron chi connectivity index (χ2n) is 4.04. The van der Waals surface area contributed by atoms with E-state index in [9.17, 15) is 0 Å². The smallest absolute Gasteiger partial charge is 0.155 e. The number of aromatic nitrogens is 2. The molecule has 0 spiro atoms. The van der Waals surface area contributed by atoms with E-state index in [0.29, 0.717) is 11.6 Å². The molecule has 102 valence electrons. The minimum absolute atomic E-state index is 0.450. The Morgan fingerprint density at radius 2 is 1.95 bits per heavy atom. The summed E-state index contributed by atoms with van der Waals surface area (Å²) in [4.78, 5) is 0. The highest BCUT2D eigenvalue weighted by Gasteiger charge is 2.05. The van der Waals surface area contributed by atoms with Crippen LogP contribution in [0.4, 0.5) is 0 Å². The molecular weight excluding hydrogens is 282 g/mol. The molecule has 0 bridgehead atoms. The van der Waals surface area contributed by atoms with Gasteiger partial charge in [0.25, 0.3) is 0 Å². The fourth-order valence-electron chi connectivity index (χ4n) is 1.54. The standard InChI is InChI=1S/C13H16ClN3OS/c1-15-8-2-3-12-16-17-13(19-12)9-18-11-6-4-10(14)5-7-11/h4-7,15H,2-3,8-9H2,1H3. The molecule has 0 unspecified atom stereocenters. The van der Waals surface area contributed by atoms with E-state index < -0.39 is 0 Å². The lowest BCUT2D eigenvalue weighted by atomic mass is 10.3. The van der Waals surface area contributed by atoms with Gasteiger partial charge in [-0.3, -0.25) is 0 Å². The van der Waals surface area contributed by atoms with Gasteiger partial charge in [-0.1, -0.05) is 22.9 Å². The van der Waals surface area contributed by atoms with E-state index >= 15 is 0 Å². The summed E-state index contributed by atoms with van der Waals surface area (Å²) in [6.45, 7) is 1.45. The lowest BCUT2D eigenvalue weighted by molar-refractivity contribution is 0.304. The number of nitrogens with zero attached hydrogens (tertiary/aromatic N) is 2. The minimum atomic E-state index is 0.450. The summed E-state index contributed by atoms with van der Waals surface area (Å²) in [5.74, 6) is 0.788. The molecule has 2 rings (SSSR count). The summed E-state index contributed by atoms with van der Waals surface area (Å²) in [5, 5.41) is 14.1. The Balaban J connectivity index is 1.81. The summed E-state index contributed by atoms with van der Waals surface area (Å²) in [7, 11) is 1.95. The molecule has 0 amide bonds. The maximum Gasteiger partial charge on any atom is 0.155 e. The molecule has 6 heteroatoms. The van der Waals surface area contributed by atoms with Gasteiger partial charge < -0.3 is 10.1 Å². The summed E-state index contributed by atoms with van der Waals surface area (Å²) in [6, 6.07) is 7.30. The molecule has 0 fully saturated rings. The van der Waals surface area contributed by atoms with Crippen molar-refractivity contribution < 1.29 is 4.74 Å². The Bertz CT molecular complexity index is 501. The first-order valence-electron chi connectivity index (χ1n) is 6.12. The lowest BCUT2D eigenvalue weighted by Gasteiger charge is -2.02. The number of aryl methyl sites for hydroxylation is 1. The zero-order valence-corrected chi connectivity index (χ0v) is 12.3. The average molecular weight is 298 g/mol. The Morgan fingerprint density at radius 1 is 1.21 bits per heavy atom. The molecule has 0 aliphatic rings. The largest absolute Gasteiger partial charge is 0.486 e. The van der Waals surface area contributed by atoms with Gasteiger partial charge in [0.05, 0.1) is 0 Å². The molecular formula is C13H16ClN3OS. The summed E-state index contributed by atoms with van der Waals surface area (Å²) in [5.41, 5.74) is 0. The minimum Gasteiger partial charge on any atom is -0.486 e. The Hall–Kier alpha value is -1.17. The van der Waals surface area contributed by atoms with E-state index in [1.54, 1.807) is 23.5 Å². The molecule has 1 aromatic heterocycles. The molecule has 0 aliphatic carbocycles. The lowest BCUT2D eigenvalue weighted by Crippen LogP contribution is -2.08. The number of ether oxygens (including phenoxy) is 1. The van der Waals surface area contributed by atoms with E-state index in [1.165, 1.54) is 0 Å². The van der Waals surface area contributed by atoms with Crippen LogP contribution in [0, 0.1) is 0 Å². The van der Waals surface area contributed by atoms with Crippen LogP contribution in [0.2, 0.25) is 5.02 Å². The number of nitrogens with one attached hydrogen (secondary N) is 1. The third-order valence-corrected chi connectivity index (χ3v) is 3.71. The van der Waals surface area contributed by atoms with Crippen molar-refractivity contribution in [3.8, 4) is 5.75 Å². The van der Waals surface area contributed by atoms with Gasteiger partial charge in [0.2, 0.25) is 0 Å². The SMILES string of the molecule is CNCCCc1nnc(COc2ccc(Cl)cc2)s1. The van der Waals surface area contributed by atoms with Gasteiger partial charge in [-0.2, -0.15) is 0 Å². The topological polar surface area (TPSA) is 47.0 Å². The van der Waals surface area contributed by atoms with Gasteiger partial charge in [-0.25, -0.2) is 0 Å². The monoisotopic (exact) mass is 297 g/mol. The van der Waals surface area contributed by atoms with E-state index in [4.69, 9.17) is 16.3 Å². The van der Waals surface area contributed by atoms with Crippen LogP contribution in [0.25, 0.3) is 0 Å². The van der Waals surface area contributed by atoms with Crippen molar-refractivity contribution in [3.05, 3.63) is 39.3 Å². The van der Waals surface area contributed by atoms with Crippen molar-refractivity contribution in [1.29, 1.82) is 0 Å². The van der Waals surface area contributed by atoms with E-state index in [1.807, 2.05) is 19.2 Å². The fraction of sp³-hybridized carbons (Fsp3) is 0.385. The second-order valence-corrected chi connectivity index (χ2v) is 5.62. The molecule has 4 nitrogen and oxygen atoms in total. The van der Waals surface area contributed by atoms with Crippen LogP contribution in [0.15, 0.2) is 24.3 Å². The first-order chi connectivity index (χ1) is 9.28. The molecule has 0 atom stereocenters. The molecule has 0 aliphatic heterocycles. The van der Waals surface area contributed by atoms with Crippen LogP contribution in [0.5, 0.6) is 5.75 Å². The second kappa shape index (κ2) is 7.43. The van der Waals surface area contributed by atoms with Crippen LogP contribution >= 0.6 is 22.9 Å². The van der Waals surface area contributed by atoms with E-state index in [2.05, 4.69) is 15.5 Å². The number of rotatable bonds is 7. The number of hydrogen-bond acceptors (Lipinski definition) is 5. The van der Waals surface area contributed by atoms with Crippen molar-refractivity contribution in [2.24, 2.45) is 0 Å². The van der Waals surface area contributed by atoms with Crippen molar-refractivity contribution in [2.45, 2.75) is 19.4 Å². The fourth-order valence-corrected chi connectivity index (χ4v) is 2.47. The molecule has 2 aromatic rings. The number of benzene rings is 1. The zero-order valence-electron chi connectivity index (χ0n) is 10.7. The maximum atomic E-state index is 5.81. The molecule has 0 radical (unpaired) electrons. The third-order valence-electron chi connectivity index (χ3n) is 2.50. The van der Waals surface area contributed by atoms with Crippen molar-refractivity contribution >= 4 is 22.9 Å². The van der Waals surface area contributed by atoms with Gasteiger partial charge in [-0.05, 0) is 44.3 Å². The highest BCUT2D eigenvalue weighted by molar-refractivity contribution is 7.11. The van der Waals surface area contributed by atoms with Crippen LogP contribution < -0.4 is 10.1 Å². The van der Waals surface area contributed by atoms with Gasteiger partial charge in [0, 0.05) is 11.4 Å². The van der Waals surface area contributed by atoms with Gasteiger partial charge in [-0.15, -0.1) is 10.2 Å². The van der Waals surface area contributed by atoms with Crippen molar-refractivity contribution in [1.82, 2.24) is 15.5 Å². The quantitative estimate of drug-likeness (QED) is 0.798. The van der Waals surface area contributed by atoms with Crippen LogP contribution in [-0.2, 0) is 13.0 Å². The summed E-state index contributed by atoms with van der Waals surface area (Å²) < 4.78 is 5.62. The molecule has 0 saturated heterocycles. The molecule has 1 heterocycles.